The average Bonchev–Trinajstić information content (AvgIpc) is 2.54. The number of piperidine rings is 1. The molecule has 1 heterocycles. The summed E-state index contributed by atoms with van der Waals surface area (Å²) in [7, 11) is 4.39. The average molecular weight is 323 g/mol. The van der Waals surface area contributed by atoms with E-state index in [4.69, 9.17) is 0 Å². The summed E-state index contributed by atoms with van der Waals surface area (Å²) in [4.78, 5) is 6.11. The number of nitrogens with zero attached hydrogens (tertiary/aromatic N) is 2. The fourth-order valence-corrected chi connectivity index (χ4v) is 3.73. The zero-order valence-corrected chi connectivity index (χ0v) is 15.0. The van der Waals surface area contributed by atoms with E-state index in [1.807, 2.05) is 11.8 Å². The van der Waals surface area contributed by atoms with Gasteiger partial charge < -0.3 is 14.9 Å². The Kier molecular flexibility index (Phi) is 7.22. The maximum absolute atomic E-state index is 10.4. The molecule has 1 saturated heterocycles. The second-order valence-electron chi connectivity index (χ2n) is 6.32. The first-order chi connectivity index (χ1) is 10.6. The van der Waals surface area contributed by atoms with Crippen molar-refractivity contribution >= 4 is 11.8 Å². The predicted molar refractivity (Wildman–Crippen MR) is 95.6 cm³/mol. The first kappa shape index (κ1) is 17.8. The van der Waals surface area contributed by atoms with Crippen LogP contribution >= 0.6 is 11.8 Å². The van der Waals surface area contributed by atoms with Crippen LogP contribution in [0.2, 0.25) is 0 Å². The molecule has 1 N–H and O–H groups in total. The normalized spacial score (nSPS) is 18.8. The van der Waals surface area contributed by atoms with Gasteiger partial charge in [-0.1, -0.05) is 19.1 Å². The lowest BCUT2D eigenvalue weighted by Crippen LogP contribution is -2.42. The molecule has 0 amide bonds. The number of likely N-dealkylation sites (tertiary alicyclic amines) is 1. The quantitative estimate of drug-likeness (QED) is 0.780. The molecule has 0 radical (unpaired) electrons. The van der Waals surface area contributed by atoms with Crippen LogP contribution in [0.4, 0.5) is 0 Å². The molecule has 0 spiro atoms. The summed E-state index contributed by atoms with van der Waals surface area (Å²) >= 11 is 1.84. The van der Waals surface area contributed by atoms with Crippen LogP contribution in [0.15, 0.2) is 29.2 Å². The van der Waals surface area contributed by atoms with Gasteiger partial charge in [0.15, 0.2) is 0 Å². The highest BCUT2D eigenvalue weighted by Gasteiger charge is 2.21. The van der Waals surface area contributed by atoms with Crippen molar-refractivity contribution in [2.75, 3.05) is 39.5 Å². The lowest BCUT2D eigenvalue weighted by atomic mass is 10.0. The molecule has 124 valence electrons. The van der Waals surface area contributed by atoms with E-state index in [1.165, 1.54) is 30.8 Å². The van der Waals surface area contributed by atoms with E-state index in [-0.39, 0.29) is 6.10 Å². The lowest BCUT2D eigenvalue weighted by molar-refractivity contribution is 0.110. The fourth-order valence-electron chi connectivity index (χ4n) is 3.06. The summed E-state index contributed by atoms with van der Waals surface area (Å²) in [6, 6.07) is 9.05. The second-order valence-corrected chi connectivity index (χ2v) is 7.66. The number of thioether (sulfide) groups is 1. The van der Waals surface area contributed by atoms with E-state index >= 15 is 0 Å². The Morgan fingerprint density at radius 1 is 1.27 bits per heavy atom. The largest absolute Gasteiger partial charge is 0.388 e. The molecule has 22 heavy (non-hydrogen) atoms. The molecule has 0 aliphatic carbocycles. The Bertz CT molecular complexity index is 429. The van der Waals surface area contributed by atoms with Gasteiger partial charge in [0.1, 0.15) is 0 Å². The van der Waals surface area contributed by atoms with E-state index in [9.17, 15) is 5.11 Å². The molecule has 0 bridgehead atoms. The molecule has 1 aliphatic rings. The summed E-state index contributed by atoms with van der Waals surface area (Å²) in [5.74, 6) is 1.09. The minimum Gasteiger partial charge on any atom is -0.388 e. The molecule has 1 aliphatic heterocycles. The molecule has 0 aromatic heterocycles. The van der Waals surface area contributed by atoms with Gasteiger partial charge in [0.05, 0.1) is 6.10 Å². The Morgan fingerprint density at radius 3 is 2.50 bits per heavy atom. The SMILES string of the molecule is CCSc1ccc(C(O)CCN(C)C2CCN(C)CC2)cc1. The molecule has 3 nitrogen and oxygen atoms in total. The summed E-state index contributed by atoms with van der Waals surface area (Å²) in [5.41, 5.74) is 1.04. The predicted octanol–water partition coefficient (Wildman–Crippen LogP) is 3.25. The first-order valence-corrected chi connectivity index (χ1v) is 9.38. The molecular formula is C18H30N2OS. The van der Waals surface area contributed by atoms with E-state index in [0.717, 1.165) is 24.3 Å². The third kappa shape index (κ3) is 5.27. The zero-order valence-electron chi connectivity index (χ0n) is 14.2. The number of hydrogen-bond donors (Lipinski definition) is 1. The summed E-state index contributed by atoms with van der Waals surface area (Å²) < 4.78 is 0. The van der Waals surface area contributed by atoms with E-state index in [2.05, 4.69) is 55.1 Å². The highest BCUT2D eigenvalue weighted by molar-refractivity contribution is 7.99. The minimum absolute atomic E-state index is 0.352. The highest BCUT2D eigenvalue weighted by atomic mass is 32.2. The van der Waals surface area contributed by atoms with E-state index < -0.39 is 0 Å². The van der Waals surface area contributed by atoms with Crippen molar-refractivity contribution in [2.45, 2.75) is 43.2 Å². The van der Waals surface area contributed by atoms with Gasteiger partial charge in [-0.3, -0.25) is 0 Å². The Labute approximate surface area is 139 Å². The summed E-state index contributed by atoms with van der Waals surface area (Å²) in [6.07, 6.45) is 2.94. The molecule has 1 aromatic carbocycles. The van der Waals surface area contributed by atoms with Gasteiger partial charge in [0.2, 0.25) is 0 Å². The number of aliphatic hydroxyl groups excluding tert-OH is 1. The Morgan fingerprint density at radius 2 is 1.91 bits per heavy atom. The lowest BCUT2D eigenvalue weighted by Gasteiger charge is -2.35. The maximum atomic E-state index is 10.4. The van der Waals surface area contributed by atoms with Crippen molar-refractivity contribution in [3.05, 3.63) is 29.8 Å². The standard InChI is InChI=1S/C18H30N2OS/c1-4-22-17-7-5-15(6-8-17)18(21)11-14-20(3)16-9-12-19(2)13-10-16/h5-8,16,18,21H,4,9-14H2,1-3H3. The van der Waals surface area contributed by atoms with E-state index in [1.54, 1.807) is 0 Å². The second kappa shape index (κ2) is 8.92. The molecule has 1 aromatic rings. The molecule has 0 saturated carbocycles. The number of rotatable bonds is 7. The minimum atomic E-state index is -0.352. The molecule has 1 fully saturated rings. The zero-order chi connectivity index (χ0) is 15.9. The van der Waals surface area contributed by atoms with Crippen molar-refractivity contribution < 1.29 is 5.11 Å². The van der Waals surface area contributed by atoms with Gasteiger partial charge >= 0.3 is 0 Å². The van der Waals surface area contributed by atoms with Crippen LogP contribution in [0, 0.1) is 0 Å². The summed E-state index contributed by atoms with van der Waals surface area (Å²) in [6.45, 7) is 5.50. The monoisotopic (exact) mass is 322 g/mol. The Hall–Kier alpha value is -0.550. The van der Waals surface area contributed by atoms with Crippen molar-refractivity contribution in [2.24, 2.45) is 0 Å². The van der Waals surface area contributed by atoms with Gasteiger partial charge in [-0.15, -0.1) is 11.8 Å². The van der Waals surface area contributed by atoms with Gasteiger partial charge in [0.25, 0.3) is 0 Å². The Balaban J connectivity index is 1.77. The van der Waals surface area contributed by atoms with E-state index in [0.29, 0.717) is 6.04 Å². The third-order valence-electron chi connectivity index (χ3n) is 4.64. The van der Waals surface area contributed by atoms with Crippen molar-refractivity contribution in [1.29, 1.82) is 0 Å². The maximum Gasteiger partial charge on any atom is 0.0802 e. The van der Waals surface area contributed by atoms with Crippen molar-refractivity contribution in [1.82, 2.24) is 9.80 Å². The van der Waals surface area contributed by atoms with Crippen LogP contribution in [0.1, 0.15) is 37.9 Å². The van der Waals surface area contributed by atoms with Crippen LogP contribution in [-0.4, -0.2) is 60.4 Å². The van der Waals surface area contributed by atoms with Crippen LogP contribution in [0.3, 0.4) is 0 Å². The van der Waals surface area contributed by atoms with Gasteiger partial charge in [-0.2, -0.15) is 0 Å². The van der Waals surface area contributed by atoms with Crippen LogP contribution in [0.5, 0.6) is 0 Å². The molecule has 2 rings (SSSR count). The van der Waals surface area contributed by atoms with Gasteiger partial charge in [-0.25, -0.2) is 0 Å². The van der Waals surface area contributed by atoms with Crippen molar-refractivity contribution in [3.8, 4) is 0 Å². The topological polar surface area (TPSA) is 26.7 Å². The highest BCUT2D eigenvalue weighted by Crippen LogP contribution is 2.23. The molecule has 4 heteroatoms. The van der Waals surface area contributed by atoms with Crippen molar-refractivity contribution in [3.63, 3.8) is 0 Å². The van der Waals surface area contributed by atoms with Gasteiger partial charge in [-0.05, 0) is 69.9 Å². The first-order valence-electron chi connectivity index (χ1n) is 8.39. The third-order valence-corrected chi connectivity index (χ3v) is 5.54. The summed E-state index contributed by atoms with van der Waals surface area (Å²) in [5, 5.41) is 10.4. The molecule has 1 atom stereocenters. The van der Waals surface area contributed by atoms with Gasteiger partial charge in [0, 0.05) is 17.5 Å². The molecule has 1 unspecified atom stereocenters. The van der Waals surface area contributed by atoms with Crippen LogP contribution < -0.4 is 0 Å². The number of benzene rings is 1. The van der Waals surface area contributed by atoms with Crippen LogP contribution in [-0.2, 0) is 0 Å². The number of hydrogen-bond acceptors (Lipinski definition) is 4. The number of aliphatic hydroxyl groups is 1. The molecular weight excluding hydrogens is 292 g/mol. The van der Waals surface area contributed by atoms with Crippen LogP contribution in [0.25, 0.3) is 0 Å². The smallest absolute Gasteiger partial charge is 0.0802 e. The fraction of sp³-hybridized carbons (Fsp3) is 0.667.